The summed E-state index contributed by atoms with van der Waals surface area (Å²) in [4.78, 5) is 11.9. The van der Waals surface area contributed by atoms with Crippen molar-refractivity contribution in [3.05, 3.63) is 47.8 Å². The molecule has 1 radical (unpaired) electrons. The van der Waals surface area contributed by atoms with Gasteiger partial charge in [0, 0.05) is 52.5 Å². The van der Waals surface area contributed by atoms with Gasteiger partial charge in [0.1, 0.15) is 12.4 Å². The number of nitrogens with zero attached hydrogens (tertiary/aromatic N) is 2. The quantitative estimate of drug-likeness (QED) is 0.332. The molecule has 0 amide bonds. The maximum Gasteiger partial charge on any atom is 0.322 e. The third-order valence-corrected chi connectivity index (χ3v) is 5.59. The van der Waals surface area contributed by atoms with Gasteiger partial charge >= 0.3 is 5.16 Å². The number of benzene rings is 1. The van der Waals surface area contributed by atoms with E-state index >= 15 is 0 Å². The number of pyridine rings is 1. The molecule has 0 spiro atoms. The van der Waals surface area contributed by atoms with Crippen molar-refractivity contribution in [3.63, 3.8) is 0 Å². The van der Waals surface area contributed by atoms with Crippen molar-refractivity contribution in [1.82, 2.24) is 15.0 Å². The number of H-pyrrole nitrogens is 1. The van der Waals surface area contributed by atoms with Crippen molar-refractivity contribution < 1.29 is 14.0 Å². The number of hydrogen-bond donors (Lipinski definition) is 1. The fraction of sp³-hybridized carbons (Fsp3) is 0.400. The van der Waals surface area contributed by atoms with Crippen LogP contribution in [0.3, 0.4) is 0 Å². The van der Waals surface area contributed by atoms with Crippen LogP contribution in [0.25, 0.3) is 11.0 Å². The molecular weight excluding hydrogens is 385 g/mol. The Labute approximate surface area is 190 Å². The van der Waals surface area contributed by atoms with Crippen molar-refractivity contribution in [2.45, 2.75) is 44.2 Å². The number of nitrogens with one attached hydrogen (secondary N) is 1. The van der Waals surface area contributed by atoms with Gasteiger partial charge in [0.2, 0.25) is 0 Å². The van der Waals surface area contributed by atoms with E-state index in [1.807, 2.05) is 44.2 Å². The molecule has 3 rings (SSSR count). The molecule has 2 atom stereocenters. The summed E-state index contributed by atoms with van der Waals surface area (Å²) < 4.78 is 24.2. The zero-order valence-corrected chi connectivity index (χ0v) is 19.7. The summed E-state index contributed by atoms with van der Waals surface area (Å²) in [5.74, 6) is 1.03. The van der Waals surface area contributed by atoms with Crippen LogP contribution in [-0.4, -0.2) is 68.4 Å². The number of rotatable bonds is 9. The number of ether oxygens (including phenoxy) is 2. The largest absolute Gasteiger partial charge is 0.609 e. The fourth-order valence-corrected chi connectivity index (χ4v) is 3.71. The minimum absolute atomic E-state index is 0. The van der Waals surface area contributed by atoms with Crippen LogP contribution in [0.5, 0.6) is 5.75 Å². The van der Waals surface area contributed by atoms with Crippen LogP contribution in [0.2, 0.25) is 0 Å². The van der Waals surface area contributed by atoms with E-state index in [9.17, 15) is 4.55 Å². The van der Waals surface area contributed by atoms with Crippen LogP contribution in [0.15, 0.2) is 41.7 Å². The second-order valence-corrected chi connectivity index (χ2v) is 7.73. The van der Waals surface area contributed by atoms with Crippen molar-refractivity contribution in [1.29, 1.82) is 0 Å². The molecule has 2 unspecified atom stereocenters. The number of aromatic amines is 1. The summed E-state index contributed by atoms with van der Waals surface area (Å²) in [6.07, 6.45) is 2.89. The molecule has 0 aliphatic heterocycles. The first kappa shape index (κ1) is 23.2. The van der Waals surface area contributed by atoms with Gasteiger partial charge in [-0.3, -0.25) is 9.97 Å². The summed E-state index contributed by atoms with van der Waals surface area (Å²) in [6.45, 7) is 7.08. The molecule has 1 aromatic carbocycles. The van der Waals surface area contributed by atoms with Crippen molar-refractivity contribution in [2.75, 3.05) is 13.2 Å². The molecule has 0 aliphatic rings. The van der Waals surface area contributed by atoms with Gasteiger partial charge in [-0.05, 0) is 38.5 Å². The monoisotopic (exact) mass is 410 g/mol. The van der Waals surface area contributed by atoms with Crippen LogP contribution in [0.1, 0.15) is 31.5 Å². The zero-order valence-electron chi connectivity index (χ0n) is 16.9. The SMILES string of the molecule is CCC(C)OCCOc1ccnc(C[S+]([O-])c2nc3ccccc3[nH]2)c1C.[Na]. The van der Waals surface area contributed by atoms with E-state index in [2.05, 4.69) is 21.9 Å². The van der Waals surface area contributed by atoms with Gasteiger partial charge in [-0.15, -0.1) is 0 Å². The predicted molar refractivity (Wildman–Crippen MR) is 112 cm³/mol. The second-order valence-electron chi connectivity index (χ2n) is 6.37. The Bertz CT molecular complexity index is 857. The molecule has 3 aromatic rings. The molecule has 1 N–H and O–H groups in total. The van der Waals surface area contributed by atoms with Crippen molar-refractivity contribution in [2.24, 2.45) is 0 Å². The molecule has 0 saturated heterocycles. The van der Waals surface area contributed by atoms with Gasteiger partial charge in [-0.1, -0.05) is 19.1 Å². The Kier molecular flexibility index (Phi) is 9.27. The van der Waals surface area contributed by atoms with E-state index in [-0.39, 0.29) is 41.4 Å². The minimum atomic E-state index is -1.31. The van der Waals surface area contributed by atoms with Gasteiger partial charge in [-0.2, -0.15) is 4.98 Å². The van der Waals surface area contributed by atoms with Crippen LogP contribution in [0, 0.1) is 6.92 Å². The molecule has 0 saturated carbocycles. The van der Waals surface area contributed by atoms with Crippen molar-refractivity contribution in [3.8, 4) is 5.75 Å². The van der Waals surface area contributed by atoms with Crippen molar-refractivity contribution >= 4 is 51.8 Å². The normalized spacial score (nSPS) is 13.1. The van der Waals surface area contributed by atoms with Gasteiger partial charge in [0.05, 0.1) is 29.4 Å². The first-order valence-corrected chi connectivity index (χ1v) is 10.4. The Balaban J connectivity index is 0.00000280. The van der Waals surface area contributed by atoms with E-state index < -0.39 is 11.2 Å². The topological polar surface area (TPSA) is 83.1 Å². The molecule has 0 aliphatic carbocycles. The minimum Gasteiger partial charge on any atom is -0.609 e. The third-order valence-electron chi connectivity index (χ3n) is 4.43. The second kappa shape index (κ2) is 11.2. The van der Waals surface area contributed by atoms with Gasteiger partial charge in [0.15, 0.2) is 5.75 Å². The molecule has 0 fully saturated rings. The molecular formula is C20H25N3NaO3S. The average molecular weight is 410 g/mol. The van der Waals surface area contributed by atoms with E-state index in [1.165, 1.54) is 0 Å². The first-order valence-electron chi connectivity index (χ1n) is 9.10. The number of aromatic nitrogens is 3. The summed E-state index contributed by atoms with van der Waals surface area (Å²) in [7, 11) is 0. The maximum absolute atomic E-state index is 12.7. The van der Waals surface area contributed by atoms with Gasteiger partial charge in [-0.25, -0.2) is 0 Å². The van der Waals surface area contributed by atoms with E-state index in [4.69, 9.17) is 9.47 Å². The summed E-state index contributed by atoms with van der Waals surface area (Å²) >= 11 is -1.31. The standard InChI is InChI=1S/C20H25N3O3S.Na/c1-4-14(2)25-11-12-26-19-9-10-21-18(15(19)3)13-27(24)20-22-16-7-5-6-8-17(16)23-20;/h5-10,14H,4,11-13H2,1-3H3,(H,22,23);. The Morgan fingerprint density at radius 3 is 2.75 bits per heavy atom. The zero-order chi connectivity index (χ0) is 19.2. The van der Waals surface area contributed by atoms with Gasteiger partial charge in [0.25, 0.3) is 0 Å². The molecule has 8 heteroatoms. The molecule has 0 bridgehead atoms. The number of hydrogen-bond acceptors (Lipinski definition) is 5. The molecule has 145 valence electrons. The summed E-state index contributed by atoms with van der Waals surface area (Å²) in [5.41, 5.74) is 3.33. The van der Waals surface area contributed by atoms with Crippen LogP contribution < -0.4 is 4.74 Å². The van der Waals surface area contributed by atoms with Crippen LogP contribution >= 0.6 is 0 Å². The summed E-state index contributed by atoms with van der Waals surface area (Å²) in [6, 6.07) is 9.47. The van der Waals surface area contributed by atoms with Gasteiger partial charge < -0.3 is 14.0 Å². The van der Waals surface area contributed by atoms with Crippen LogP contribution in [0.4, 0.5) is 0 Å². The molecule has 2 aromatic heterocycles. The number of para-hydroxylation sites is 2. The van der Waals surface area contributed by atoms with E-state index in [1.54, 1.807) is 6.20 Å². The van der Waals surface area contributed by atoms with E-state index in [0.29, 0.717) is 18.4 Å². The van der Waals surface area contributed by atoms with E-state index in [0.717, 1.165) is 34.5 Å². The fourth-order valence-electron chi connectivity index (χ4n) is 2.61. The number of imidazole rings is 1. The average Bonchev–Trinajstić information content (AvgIpc) is 3.12. The third kappa shape index (κ3) is 5.95. The smallest absolute Gasteiger partial charge is 0.322 e. The molecule has 2 heterocycles. The number of fused-ring (bicyclic) bond motifs is 1. The molecule has 28 heavy (non-hydrogen) atoms. The Hall–Kier alpha value is -1.09. The predicted octanol–water partition coefficient (Wildman–Crippen LogP) is 3.39. The molecule has 6 nitrogen and oxygen atoms in total. The Morgan fingerprint density at radius 1 is 1.21 bits per heavy atom. The van der Waals surface area contributed by atoms with Crippen LogP contribution in [-0.2, 0) is 21.7 Å². The Morgan fingerprint density at radius 2 is 2.00 bits per heavy atom. The first-order chi connectivity index (χ1) is 13.1. The summed E-state index contributed by atoms with van der Waals surface area (Å²) in [5, 5.41) is 0.464. The maximum atomic E-state index is 12.7.